The number of hydrogen-bond donors (Lipinski definition) is 3. The first-order chi connectivity index (χ1) is 18.2. The standard InChI is InChI=1S/C28H31FN6O3/c1-33(14-16-9-10-16)27(36)20-8-4-7-19(25(20)29)17-5-3-6-18(11-17)35-26(23(13-32-35)28(37)38)22-12-21(22)24(30)15-34(2)31/h3-8,11,13,15-16,21-22H,9-10,12,14,30-31H2,1-2H3,(H,37,38)/b24-15-/t21?,22-/m1/s1. The summed E-state index contributed by atoms with van der Waals surface area (Å²) >= 11 is 0. The number of amides is 1. The first-order valence-electron chi connectivity index (χ1n) is 12.6. The molecule has 0 spiro atoms. The van der Waals surface area contributed by atoms with Crippen molar-refractivity contribution in [2.45, 2.75) is 25.2 Å². The molecule has 1 amide bonds. The van der Waals surface area contributed by atoms with E-state index in [0.29, 0.717) is 41.5 Å². The molecule has 2 fully saturated rings. The van der Waals surface area contributed by atoms with Crippen LogP contribution in [-0.2, 0) is 0 Å². The maximum absolute atomic E-state index is 15.6. The van der Waals surface area contributed by atoms with Gasteiger partial charge in [-0.15, -0.1) is 0 Å². The molecule has 5 rings (SSSR count). The molecule has 198 valence electrons. The summed E-state index contributed by atoms with van der Waals surface area (Å²) in [6.07, 6.45) is 5.80. The lowest BCUT2D eigenvalue weighted by Gasteiger charge is -2.18. The van der Waals surface area contributed by atoms with E-state index in [2.05, 4.69) is 5.10 Å². The van der Waals surface area contributed by atoms with Gasteiger partial charge in [-0.05, 0) is 48.9 Å². The van der Waals surface area contributed by atoms with E-state index in [1.807, 2.05) is 0 Å². The zero-order valence-corrected chi connectivity index (χ0v) is 21.3. The maximum Gasteiger partial charge on any atom is 0.339 e. The first-order valence-corrected chi connectivity index (χ1v) is 12.6. The number of allylic oxidation sites excluding steroid dienone is 1. The number of aromatic nitrogens is 2. The number of rotatable bonds is 9. The number of nitrogens with two attached hydrogens (primary N) is 2. The average Bonchev–Trinajstić information content (AvgIpc) is 3.81. The van der Waals surface area contributed by atoms with Crippen LogP contribution in [0, 0.1) is 17.7 Å². The number of carbonyl (C=O) groups is 2. The number of carboxylic acid groups (broad SMARTS) is 1. The number of aromatic carboxylic acids is 1. The Morgan fingerprint density at radius 2 is 1.92 bits per heavy atom. The molecule has 0 aliphatic heterocycles. The van der Waals surface area contributed by atoms with E-state index in [9.17, 15) is 14.7 Å². The Labute approximate surface area is 220 Å². The number of halogens is 1. The molecule has 2 aliphatic carbocycles. The van der Waals surface area contributed by atoms with Gasteiger partial charge in [0, 0.05) is 49.9 Å². The number of carboxylic acids is 1. The second kappa shape index (κ2) is 9.94. The summed E-state index contributed by atoms with van der Waals surface area (Å²) < 4.78 is 17.2. The van der Waals surface area contributed by atoms with Gasteiger partial charge in [-0.25, -0.2) is 19.7 Å². The average molecular weight is 519 g/mol. The molecule has 1 heterocycles. The second-order valence-electron chi connectivity index (χ2n) is 10.3. The predicted molar refractivity (Wildman–Crippen MR) is 141 cm³/mol. The van der Waals surface area contributed by atoms with Crippen molar-refractivity contribution in [1.82, 2.24) is 19.7 Å². The third kappa shape index (κ3) is 4.99. The molecule has 10 heteroatoms. The summed E-state index contributed by atoms with van der Waals surface area (Å²) in [5, 5.41) is 15.5. The number of hydrogen-bond acceptors (Lipinski definition) is 6. The van der Waals surface area contributed by atoms with Gasteiger partial charge in [0.2, 0.25) is 0 Å². The van der Waals surface area contributed by atoms with Crippen LogP contribution >= 0.6 is 0 Å². The van der Waals surface area contributed by atoms with Gasteiger partial charge in [0.1, 0.15) is 11.4 Å². The summed E-state index contributed by atoms with van der Waals surface area (Å²) in [6, 6.07) is 11.8. The third-order valence-electron chi connectivity index (χ3n) is 7.17. The Morgan fingerprint density at radius 1 is 1.18 bits per heavy atom. The quantitative estimate of drug-likeness (QED) is 0.292. The van der Waals surface area contributed by atoms with Crippen molar-refractivity contribution in [3.05, 3.63) is 83.2 Å². The van der Waals surface area contributed by atoms with Crippen molar-refractivity contribution in [2.24, 2.45) is 23.4 Å². The molecule has 2 aliphatic rings. The molecule has 2 saturated carbocycles. The Hall–Kier alpha value is -4.18. The molecule has 0 bridgehead atoms. The largest absolute Gasteiger partial charge is 0.478 e. The normalized spacial score (nSPS) is 18.8. The Bertz CT molecular complexity index is 1430. The van der Waals surface area contributed by atoms with Crippen molar-refractivity contribution in [1.29, 1.82) is 0 Å². The zero-order valence-electron chi connectivity index (χ0n) is 21.3. The van der Waals surface area contributed by atoms with E-state index < -0.39 is 11.8 Å². The molecule has 2 atom stereocenters. The first kappa shape index (κ1) is 25.5. The third-order valence-corrected chi connectivity index (χ3v) is 7.17. The van der Waals surface area contributed by atoms with Gasteiger partial charge in [-0.2, -0.15) is 5.10 Å². The predicted octanol–water partition coefficient (Wildman–Crippen LogP) is 3.57. The molecular formula is C28H31FN6O3. The van der Waals surface area contributed by atoms with Crippen molar-refractivity contribution < 1.29 is 19.1 Å². The Balaban J connectivity index is 1.49. The summed E-state index contributed by atoms with van der Waals surface area (Å²) in [5.74, 6) is 3.95. The van der Waals surface area contributed by atoms with Crippen molar-refractivity contribution >= 4 is 11.9 Å². The highest BCUT2D eigenvalue weighted by atomic mass is 19.1. The van der Waals surface area contributed by atoms with Crippen LogP contribution in [0.4, 0.5) is 4.39 Å². The van der Waals surface area contributed by atoms with Gasteiger partial charge in [0.25, 0.3) is 5.91 Å². The number of carbonyl (C=O) groups excluding carboxylic acids is 1. The fourth-order valence-corrected chi connectivity index (χ4v) is 4.98. The van der Waals surface area contributed by atoms with Gasteiger partial charge >= 0.3 is 5.97 Å². The van der Waals surface area contributed by atoms with Gasteiger partial charge in [-0.1, -0.05) is 24.3 Å². The fourth-order valence-electron chi connectivity index (χ4n) is 4.98. The van der Waals surface area contributed by atoms with Gasteiger partial charge in [0.05, 0.1) is 23.1 Å². The summed E-state index contributed by atoms with van der Waals surface area (Å²) in [4.78, 5) is 26.5. The molecule has 3 aromatic rings. The molecular weight excluding hydrogens is 487 g/mol. The van der Waals surface area contributed by atoms with Crippen molar-refractivity contribution in [3.8, 4) is 16.8 Å². The highest BCUT2D eigenvalue weighted by Crippen LogP contribution is 2.51. The highest BCUT2D eigenvalue weighted by molar-refractivity contribution is 5.96. The zero-order chi connectivity index (χ0) is 27.1. The second-order valence-corrected chi connectivity index (χ2v) is 10.3. The van der Waals surface area contributed by atoms with Crippen molar-refractivity contribution in [3.63, 3.8) is 0 Å². The lowest BCUT2D eigenvalue weighted by Crippen LogP contribution is -2.29. The van der Waals surface area contributed by atoms with Gasteiger partial charge < -0.3 is 20.7 Å². The molecule has 38 heavy (non-hydrogen) atoms. The lowest BCUT2D eigenvalue weighted by molar-refractivity contribution is 0.0694. The minimum absolute atomic E-state index is 0.0250. The van der Waals surface area contributed by atoms with Crippen LogP contribution in [0.1, 0.15) is 51.6 Å². The van der Waals surface area contributed by atoms with E-state index >= 15 is 4.39 Å². The van der Waals surface area contributed by atoms with Crippen LogP contribution in [0.25, 0.3) is 16.8 Å². The molecule has 9 nitrogen and oxygen atoms in total. The van der Waals surface area contributed by atoms with Crippen LogP contribution < -0.4 is 11.6 Å². The highest BCUT2D eigenvalue weighted by Gasteiger charge is 2.45. The van der Waals surface area contributed by atoms with E-state index in [1.165, 1.54) is 17.3 Å². The van der Waals surface area contributed by atoms with Crippen molar-refractivity contribution in [2.75, 3.05) is 20.6 Å². The number of benzene rings is 2. The monoisotopic (exact) mass is 518 g/mol. The minimum atomic E-state index is -1.08. The van der Waals surface area contributed by atoms with E-state index in [0.717, 1.165) is 12.8 Å². The van der Waals surface area contributed by atoms with Gasteiger partial charge in [0.15, 0.2) is 0 Å². The van der Waals surface area contributed by atoms with Crippen LogP contribution in [-0.4, -0.2) is 57.3 Å². The minimum Gasteiger partial charge on any atom is -0.478 e. The van der Waals surface area contributed by atoms with Crippen LogP contribution in [0.2, 0.25) is 0 Å². The lowest BCUT2D eigenvalue weighted by atomic mass is 10.0. The smallest absolute Gasteiger partial charge is 0.339 e. The van der Waals surface area contributed by atoms with Crippen LogP contribution in [0.5, 0.6) is 0 Å². The van der Waals surface area contributed by atoms with E-state index in [4.69, 9.17) is 11.6 Å². The molecule has 0 saturated heterocycles. The SMILES string of the molecule is CN(N)/C=C(\N)C1C[C@H]1c1c(C(=O)O)cnn1-c1cccc(-c2cccc(C(=O)N(C)CC3CC3)c2F)c1. The molecule has 1 aromatic heterocycles. The summed E-state index contributed by atoms with van der Waals surface area (Å²) in [5.41, 5.74) is 8.81. The molecule has 1 unspecified atom stereocenters. The van der Waals surface area contributed by atoms with E-state index in [1.54, 1.807) is 66.3 Å². The summed E-state index contributed by atoms with van der Waals surface area (Å²) in [7, 11) is 3.36. The van der Waals surface area contributed by atoms with Crippen LogP contribution in [0.3, 0.4) is 0 Å². The fraction of sp³-hybridized carbons (Fsp3) is 0.321. The molecule has 0 radical (unpaired) electrons. The summed E-state index contributed by atoms with van der Waals surface area (Å²) in [6.45, 7) is 0.620. The molecule has 5 N–H and O–H groups in total. The number of nitrogens with zero attached hydrogens (tertiary/aromatic N) is 4. The Morgan fingerprint density at radius 3 is 2.61 bits per heavy atom. The Kier molecular flexibility index (Phi) is 6.66. The van der Waals surface area contributed by atoms with Crippen LogP contribution in [0.15, 0.2) is 60.6 Å². The molecule has 2 aromatic carbocycles. The van der Waals surface area contributed by atoms with Gasteiger partial charge in [-0.3, -0.25) is 4.79 Å². The van der Waals surface area contributed by atoms with E-state index in [-0.39, 0.29) is 34.4 Å². The topological polar surface area (TPSA) is 131 Å². The maximum atomic E-state index is 15.6. The number of hydrazine groups is 1.